The molecule has 0 radical (unpaired) electrons. The van der Waals surface area contributed by atoms with E-state index in [1.807, 2.05) is 49.1 Å². The quantitative estimate of drug-likeness (QED) is 0.475. The largest absolute Gasteiger partial charge is 0.363 e. The number of carbonyl (C=O) groups excluding carboxylic acids is 2. The van der Waals surface area contributed by atoms with Gasteiger partial charge in [-0.1, -0.05) is 78.3 Å². The number of halogens is 1. The Bertz CT molecular complexity index is 1220. The summed E-state index contributed by atoms with van der Waals surface area (Å²) in [4.78, 5) is 32.0. The molecule has 0 bridgehead atoms. The van der Waals surface area contributed by atoms with Gasteiger partial charge >= 0.3 is 0 Å². The molecule has 178 valence electrons. The van der Waals surface area contributed by atoms with Crippen LogP contribution in [0.15, 0.2) is 89.6 Å². The lowest BCUT2D eigenvalue weighted by Crippen LogP contribution is -2.48. The van der Waals surface area contributed by atoms with Crippen LogP contribution in [0.2, 0.25) is 0 Å². The number of imide groups is 1. The first-order chi connectivity index (χ1) is 16.9. The minimum Gasteiger partial charge on any atom is -0.363 e. The van der Waals surface area contributed by atoms with Crippen LogP contribution in [0, 0.1) is 13.8 Å². The lowest BCUT2D eigenvalue weighted by Gasteiger charge is -2.40. The molecule has 0 aromatic heterocycles. The van der Waals surface area contributed by atoms with Crippen LogP contribution in [-0.4, -0.2) is 47.8 Å². The molecule has 5 rings (SSSR count). The SMILES string of the molecule is Cc1cc(C)cc(N2C(=O)C(Cl)=C(N3CCN(C(c4ccccc4)c4ccccc4)CC3)C2=O)c1. The van der Waals surface area contributed by atoms with Gasteiger partial charge in [0.1, 0.15) is 10.7 Å². The highest BCUT2D eigenvalue weighted by Crippen LogP contribution is 2.34. The Labute approximate surface area is 211 Å². The van der Waals surface area contributed by atoms with Crippen molar-refractivity contribution in [2.75, 3.05) is 31.1 Å². The zero-order valence-corrected chi connectivity index (χ0v) is 20.7. The molecule has 2 aliphatic heterocycles. The van der Waals surface area contributed by atoms with Crippen molar-refractivity contribution in [2.24, 2.45) is 0 Å². The van der Waals surface area contributed by atoms with E-state index in [9.17, 15) is 9.59 Å². The molecule has 0 spiro atoms. The van der Waals surface area contributed by atoms with E-state index in [2.05, 4.69) is 53.4 Å². The van der Waals surface area contributed by atoms with Crippen LogP contribution in [0.3, 0.4) is 0 Å². The van der Waals surface area contributed by atoms with Gasteiger partial charge in [0, 0.05) is 26.2 Å². The molecule has 5 nitrogen and oxygen atoms in total. The fourth-order valence-corrected chi connectivity index (χ4v) is 5.45. The predicted octanol–water partition coefficient (Wildman–Crippen LogP) is 5.03. The number of anilines is 1. The topological polar surface area (TPSA) is 43.9 Å². The highest BCUT2D eigenvalue weighted by atomic mass is 35.5. The Morgan fingerprint density at radius 3 is 1.74 bits per heavy atom. The molecule has 2 amide bonds. The van der Waals surface area contributed by atoms with Gasteiger partial charge in [-0.2, -0.15) is 0 Å². The molecule has 3 aromatic rings. The van der Waals surface area contributed by atoms with Crippen LogP contribution >= 0.6 is 11.6 Å². The van der Waals surface area contributed by atoms with Gasteiger partial charge in [0.2, 0.25) is 0 Å². The molecule has 0 N–H and O–H groups in total. The summed E-state index contributed by atoms with van der Waals surface area (Å²) >= 11 is 6.48. The maximum atomic E-state index is 13.4. The molecule has 0 atom stereocenters. The van der Waals surface area contributed by atoms with Crippen LogP contribution < -0.4 is 4.90 Å². The molecule has 6 heteroatoms. The van der Waals surface area contributed by atoms with Gasteiger partial charge in [-0.25, -0.2) is 4.90 Å². The average molecular weight is 486 g/mol. The highest BCUT2D eigenvalue weighted by molar-refractivity contribution is 6.52. The summed E-state index contributed by atoms with van der Waals surface area (Å²) in [7, 11) is 0. The monoisotopic (exact) mass is 485 g/mol. The van der Waals surface area contributed by atoms with E-state index in [1.165, 1.54) is 16.0 Å². The smallest absolute Gasteiger partial charge is 0.283 e. The minimum absolute atomic E-state index is 0.00489. The molecule has 2 heterocycles. The minimum atomic E-state index is -0.453. The summed E-state index contributed by atoms with van der Waals surface area (Å²) in [5, 5.41) is 0.00489. The van der Waals surface area contributed by atoms with Crippen LogP contribution in [0.5, 0.6) is 0 Å². The Kier molecular flexibility index (Phi) is 6.46. The fourth-order valence-electron chi connectivity index (χ4n) is 5.17. The van der Waals surface area contributed by atoms with Crippen molar-refractivity contribution in [3.05, 3.63) is 112 Å². The van der Waals surface area contributed by atoms with Crippen molar-refractivity contribution >= 4 is 29.1 Å². The number of aryl methyl sites for hydroxylation is 2. The summed E-state index contributed by atoms with van der Waals surface area (Å²) in [6, 6.07) is 26.8. The zero-order chi connectivity index (χ0) is 24.5. The maximum absolute atomic E-state index is 13.4. The molecule has 2 aliphatic rings. The molecule has 3 aromatic carbocycles. The lowest BCUT2D eigenvalue weighted by molar-refractivity contribution is -0.121. The van der Waals surface area contributed by atoms with Crippen LogP contribution in [0.1, 0.15) is 28.3 Å². The van der Waals surface area contributed by atoms with Crippen LogP contribution in [-0.2, 0) is 9.59 Å². The number of carbonyl (C=O) groups is 2. The third kappa shape index (κ3) is 4.49. The number of benzene rings is 3. The van der Waals surface area contributed by atoms with E-state index in [4.69, 9.17) is 11.6 Å². The average Bonchev–Trinajstić information content (AvgIpc) is 3.08. The second-order valence-corrected chi connectivity index (χ2v) is 9.58. The second kappa shape index (κ2) is 9.68. The lowest BCUT2D eigenvalue weighted by atomic mass is 9.96. The number of rotatable bonds is 5. The molecule has 0 unspecified atom stereocenters. The van der Waals surface area contributed by atoms with Gasteiger partial charge in [0.25, 0.3) is 11.8 Å². The third-order valence-corrected chi connectivity index (χ3v) is 7.04. The van der Waals surface area contributed by atoms with Gasteiger partial charge in [0.05, 0.1) is 11.7 Å². The predicted molar refractivity (Wildman–Crippen MR) is 139 cm³/mol. The Morgan fingerprint density at radius 2 is 1.23 bits per heavy atom. The van der Waals surface area contributed by atoms with Gasteiger partial charge in [-0.05, 0) is 48.2 Å². The van der Waals surface area contributed by atoms with Gasteiger partial charge in [-0.15, -0.1) is 0 Å². The molecular weight excluding hydrogens is 458 g/mol. The Balaban J connectivity index is 1.37. The van der Waals surface area contributed by atoms with Crippen molar-refractivity contribution in [3.63, 3.8) is 0 Å². The summed E-state index contributed by atoms with van der Waals surface area (Å²) in [6.07, 6.45) is 0. The number of piperazine rings is 1. The zero-order valence-electron chi connectivity index (χ0n) is 19.9. The number of hydrogen-bond acceptors (Lipinski definition) is 4. The normalized spacial score (nSPS) is 17.1. The Morgan fingerprint density at radius 1 is 0.714 bits per heavy atom. The first-order valence-corrected chi connectivity index (χ1v) is 12.3. The number of nitrogens with zero attached hydrogens (tertiary/aromatic N) is 3. The van der Waals surface area contributed by atoms with Gasteiger partial charge in [0.15, 0.2) is 0 Å². The summed E-state index contributed by atoms with van der Waals surface area (Å²) < 4.78 is 0. The molecule has 1 saturated heterocycles. The van der Waals surface area contributed by atoms with E-state index in [0.717, 1.165) is 24.2 Å². The fraction of sp³-hybridized carbons (Fsp3) is 0.241. The van der Waals surface area contributed by atoms with E-state index in [-0.39, 0.29) is 17.0 Å². The number of amides is 2. The number of hydrogen-bond donors (Lipinski definition) is 0. The van der Waals surface area contributed by atoms with Crippen molar-refractivity contribution in [1.29, 1.82) is 0 Å². The molecular formula is C29H28ClN3O2. The van der Waals surface area contributed by atoms with Crippen LogP contribution in [0.25, 0.3) is 0 Å². The van der Waals surface area contributed by atoms with Crippen molar-refractivity contribution in [1.82, 2.24) is 9.80 Å². The second-order valence-electron chi connectivity index (χ2n) is 9.20. The molecule has 0 aliphatic carbocycles. The first-order valence-electron chi connectivity index (χ1n) is 11.9. The standard InChI is InChI=1S/C29H28ClN3O2/c1-20-17-21(2)19-24(18-20)33-28(34)25(30)27(29(33)35)32-15-13-31(14-16-32)26(22-9-5-3-6-10-22)23-11-7-4-8-12-23/h3-12,17-19,26H,13-16H2,1-2H3. The van der Waals surface area contributed by atoms with E-state index in [1.54, 1.807) is 0 Å². The highest BCUT2D eigenvalue weighted by Gasteiger charge is 2.42. The third-order valence-electron chi connectivity index (χ3n) is 6.70. The summed E-state index contributed by atoms with van der Waals surface area (Å²) in [5.41, 5.74) is 5.33. The first kappa shape index (κ1) is 23.3. The van der Waals surface area contributed by atoms with Crippen molar-refractivity contribution < 1.29 is 9.59 Å². The van der Waals surface area contributed by atoms with E-state index < -0.39 is 5.91 Å². The van der Waals surface area contributed by atoms with Crippen LogP contribution in [0.4, 0.5) is 5.69 Å². The van der Waals surface area contributed by atoms with Crippen molar-refractivity contribution in [2.45, 2.75) is 19.9 Å². The maximum Gasteiger partial charge on any atom is 0.283 e. The molecule has 1 fully saturated rings. The summed E-state index contributed by atoms with van der Waals surface area (Å²) in [6.45, 7) is 6.61. The van der Waals surface area contributed by atoms with Gasteiger partial charge in [-0.3, -0.25) is 14.5 Å². The Hall–Kier alpha value is -3.41. The molecule has 35 heavy (non-hydrogen) atoms. The van der Waals surface area contributed by atoms with Gasteiger partial charge < -0.3 is 4.90 Å². The summed E-state index contributed by atoms with van der Waals surface area (Å²) in [5.74, 6) is -0.799. The molecule has 0 saturated carbocycles. The van der Waals surface area contributed by atoms with E-state index in [0.29, 0.717) is 24.5 Å². The van der Waals surface area contributed by atoms with E-state index >= 15 is 0 Å². The van der Waals surface area contributed by atoms with Crippen molar-refractivity contribution in [3.8, 4) is 0 Å².